The molecule has 0 atom stereocenters. The van der Waals surface area contributed by atoms with Gasteiger partial charge < -0.3 is 19.7 Å². The quantitative estimate of drug-likeness (QED) is 0.661. The Morgan fingerprint density at radius 2 is 2.00 bits per heavy atom. The third kappa shape index (κ3) is 3.86. The van der Waals surface area contributed by atoms with Crippen molar-refractivity contribution < 1.29 is 8.78 Å². The van der Waals surface area contributed by atoms with E-state index >= 15 is 0 Å². The number of aryl methyl sites for hydroxylation is 1. The molecule has 0 amide bonds. The fourth-order valence-corrected chi connectivity index (χ4v) is 2.84. The van der Waals surface area contributed by atoms with E-state index in [4.69, 9.17) is 0 Å². The molecule has 0 radical (unpaired) electrons. The lowest BCUT2D eigenvalue weighted by molar-refractivity contribution is 0.369. The van der Waals surface area contributed by atoms with Crippen LogP contribution in [0.4, 0.5) is 14.5 Å². The van der Waals surface area contributed by atoms with Gasteiger partial charge in [0.15, 0.2) is 11.8 Å². The van der Waals surface area contributed by atoms with Crippen LogP contribution in [0.15, 0.2) is 29.5 Å². The van der Waals surface area contributed by atoms with Gasteiger partial charge in [0.05, 0.1) is 12.2 Å². The molecule has 7 nitrogen and oxygen atoms in total. The third-order valence-corrected chi connectivity index (χ3v) is 4.25. The Hall–Kier alpha value is -2.71. The lowest BCUT2D eigenvalue weighted by Crippen LogP contribution is -2.52. The van der Waals surface area contributed by atoms with Crippen LogP contribution in [0, 0.1) is 11.6 Å². The van der Waals surface area contributed by atoms with Crippen LogP contribution in [0.5, 0.6) is 0 Å². The average molecular weight is 349 g/mol. The van der Waals surface area contributed by atoms with Gasteiger partial charge in [-0.1, -0.05) is 0 Å². The standard InChI is InChI=1S/C16H21F2N7/c1-19-16(20-10-15-22-21-11-23(15)2)25-7-5-24(6-8-25)14-9-12(17)3-4-13(14)18/h3-4,9,11H,5-8,10H2,1-2H3,(H,19,20). The molecule has 0 unspecified atom stereocenters. The van der Waals surface area contributed by atoms with Crippen LogP contribution in [0.2, 0.25) is 0 Å². The number of benzene rings is 1. The maximum Gasteiger partial charge on any atom is 0.194 e. The Morgan fingerprint density at radius 1 is 1.24 bits per heavy atom. The monoisotopic (exact) mass is 349 g/mol. The summed E-state index contributed by atoms with van der Waals surface area (Å²) < 4.78 is 29.1. The van der Waals surface area contributed by atoms with Crippen molar-refractivity contribution >= 4 is 11.6 Å². The molecular weight excluding hydrogens is 328 g/mol. The van der Waals surface area contributed by atoms with E-state index in [0.717, 1.165) is 17.9 Å². The predicted molar refractivity (Wildman–Crippen MR) is 91.3 cm³/mol. The van der Waals surface area contributed by atoms with Crippen molar-refractivity contribution in [1.29, 1.82) is 0 Å². The van der Waals surface area contributed by atoms with Crippen LogP contribution in [0.3, 0.4) is 0 Å². The summed E-state index contributed by atoms with van der Waals surface area (Å²) in [6, 6.07) is 3.54. The molecule has 1 aliphatic rings. The fraction of sp³-hybridized carbons (Fsp3) is 0.438. The highest BCUT2D eigenvalue weighted by atomic mass is 19.1. The normalized spacial score (nSPS) is 15.6. The minimum Gasteiger partial charge on any atom is -0.366 e. The van der Waals surface area contributed by atoms with Crippen molar-refractivity contribution in [3.63, 3.8) is 0 Å². The summed E-state index contributed by atoms with van der Waals surface area (Å²) in [6.45, 7) is 3.01. The summed E-state index contributed by atoms with van der Waals surface area (Å²) >= 11 is 0. The van der Waals surface area contributed by atoms with Crippen molar-refractivity contribution in [2.24, 2.45) is 12.0 Å². The van der Waals surface area contributed by atoms with Crippen LogP contribution in [-0.4, -0.2) is 58.9 Å². The van der Waals surface area contributed by atoms with E-state index in [2.05, 4.69) is 25.4 Å². The molecule has 3 rings (SSSR count). The molecule has 1 aromatic carbocycles. The number of nitrogens with one attached hydrogen (secondary N) is 1. The van der Waals surface area contributed by atoms with E-state index in [1.165, 1.54) is 12.1 Å². The van der Waals surface area contributed by atoms with Crippen molar-refractivity contribution in [2.45, 2.75) is 6.54 Å². The number of piperazine rings is 1. The maximum atomic E-state index is 13.9. The topological polar surface area (TPSA) is 61.6 Å². The van der Waals surface area contributed by atoms with E-state index in [0.29, 0.717) is 38.4 Å². The molecule has 0 spiro atoms. The van der Waals surface area contributed by atoms with Crippen LogP contribution in [0.1, 0.15) is 5.82 Å². The van der Waals surface area contributed by atoms with Gasteiger partial charge >= 0.3 is 0 Å². The third-order valence-electron chi connectivity index (χ3n) is 4.25. The Kier molecular flexibility index (Phi) is 5.11. The number of aromatic nitrogens is 3. The van der Waals surface area contributed by atoms with E-state index in [9.17, 15) is 8.78 Å². The molecular formula is C16H21F2N7. The van der Waals surface area contributed by atoms with Gasteiger partial charge in [0.25, 0.3) is 0 Å². The van der Waals surface area contributed by atoms with E-state index < -0.39 is 11.6 Å². The molecule has 1 aromatic heterocycles. The highest BCUT2D eigenvalue weighted by Crippen LogP contribution is 2.21. The zero-order valence-corrected chi connectivity index (χ0v) is 14.3. The maximum absolute atomic E-state index is 13.9. The first-order valence-corrected chi connectivity index (χ1v) is 8.07. The smallest absolute Gasteiger partial charge is 0.194 e. The van der Waals surface area contributed by atoms with Gasteiger partial charge in [-0.3, -0.25) is 4.99 Å². The molecule has 1 saturated heterocycles. The molecule has 1 N–H and O–H groups in total. The average Bonchev–Trinajstić information content (AvgIpc) is 3.03. The molecule has 25 heavy (non-hydrogen) atoms. The van der Waals surface area contributed by atoms with Gasteiger partial charge in [-0.15, -0.1) is 10.2 Å². The summed E-state index contributed by atoms with van der Waals surface area (Å²) in [5.41, 5.74) is 0.307. The number of halogens is 2. The van der Waals surface area contributed by atoms with E-state index in [-0.39, 0.29) is 0 Å². The zero-order chi connectivity index (χ0) is 17.8. The number of hydrogen-bond donors (Lipinski definition) is 1. The predicted octanol–water partition coefficient (Wildman–Crippen LogP) is 0.991. The summed E-state index contributed by atoms with van der Waals surface area (Å²) in [5.74, 6) is 0.726. The molecule has 1 aliphatic heterocycles. The summed E-state index contributed by atoms with van der Waals surface area (Å²) in [7, 11) is 3.60. The van der Waals surface area contributed by atoms with Crippen molar-refractivity contribution in [2.75, 3.05) is 38.1 Å². The van der Waals surface area contributed by atoms with Gasteiger partial charge in [0, 0.05) is 46.3 Å². The molecule has 2 heterocycles. The van der Waals surface area contributed by atoms with Gasteiger partial charge in [-0.05, 0) is 12.1 Å². The Bertz CT molecular complexity index is 751. The molecule has 0 aliphatic carbocycles. The van der Waals surface area contributed by atoms with Crippen LogP contribution in [0.25, 0.3) is 0 Å². The lowest BCUT2D eigenvalue weighted by atomic mass is 10.2. The Balaban J connectivity index is 1.59. The van der Waals surface area contributed by atoms with E-state index in [1.807, 2.05) is 16.5 Å². The SMILES string of the molecule is CN=C(NCc1nncn1C)N1CCN(c2cc(F)ccc2F)CC1. The van der Waals surface area contributed by atoms with Crippen LogP contribution in [-0.2, 0) is 13.6 Å². The second-order valence-electron chi connectivity index (χ2n) is 5.83. The number of guanidine groups is 1. The molecule has 0 bridgehead atoms. The second kappa shape index (κ2) is 7.45. The number of rotatable bonds is 3. The van der Waals surface area contributed by atoms with Crippen molar-refractivity contribution in [1.82, 2.24) is 25.0 Å². The Labute approximate surface area is 145 Å². The first-order valence-electron chi connectivity index (χ1n) is 8.07. The number of aliphatic imine (C=N–C) groups is 1. The highest BCUT2D eigenvalue weighted by Gasteiger charge is 2.22. The minimum atomic E-state index is -0.431. The first-order chi connectivity index (χ1) is 12.1. The summed E-state index contributed by atoms with van der Waals surface area (Å²) in [6.07, 6.45) is 1.64. The van der Waals surface area contributed by atoms with Crippen LogP contribution < -0.4 is 10.2 Å². The Morgan fingerprint density at radius 3 is 2.64 bits per heavy atom. The van der Waals surface area contributed by atoms with Gasteiger partial charge in [-0.25, -0.2) is 8.78 Å². The van der Waals surface area contributed by atoms with Crippen molar-refractivity contribution in [3.05, 3.63) is 42.0 Å². The molecule has 9 heteroatoms. The number of hydrogen-bond acceptors (Lipinski definition) is 4. The first kappa shape index (κ1) is 17.1. The molecule has 1 fully saturated rings. The van der Waals surface area contributed by atoms with Gasteiger partial charge in [0.1, 0.15) is 18.0 Å². The summed E-state index contributed by atoms with van der Waals surface area (Å²) in [4.78, 5) is 8.23. The van der Waals surface area contributed by atoms with Crippen molar-refractivity contribution in [3.8, 4) is 0 Å². The largest absolute Gasteiger partial charge is 0.366 e. The minimum absolute atomic E-state index is 0.307. The van der Waals surface area contributed by atoms with Crippen LogP contribution >= 0.6 is 0 Å². The number of anilines is 1. The molecule has 2 aromatic rings. The highest BCUT2D eigenvalue weighted by molar-refractivity contribution is 5.80. The molecule has 0 saturated carbocycles. The summed E-state index contributed by atoms with van der Waals surface area (Å²) in [5, 5.41) is 11.1. The fourth-order valence-electron chi connectivity index (χ4n) is 2.84. The zero-order valence-electron chi connectivity index (χ0n) is 14.3. The van der Waals surface area contributed by atoms with Gasteiger partial charge in [0.2, 0.25) is 0 Å². The number of nitrogens with zero attached hydrogens (tertiary/aromatic N) is 6. The second-order valence-corrected chi connectivity index (χ2v) is 5.83. The molecule has 134 valence electrons. The van der Waals surface area contributed by atoms with Gasteiger partial charge in [-0.2, -0.15) is 0 Å². The van der Waals surface area contributed by atoms with E-state index in [1.54, 1.807) is 13.4 Å². The lowest BCUT2D eigenvalue weighted by Gasteiger charge is -2.37.